The highest BCUT2D eigenvalue weighted by atomic mass is 32.1. The van der Waals surface area contributed by atoms with Crippen molar-refractivity contribution in [1.29, 1.82) is 0 Å². The average molecular weight is 470 g/mol. The van der Waals surface area contributed by atoms with Crippen molar-refractivity contribution >= 4 is 34.8 Å². The Labute approximate surface area is 200 Å². The maximum Gasteiger partial charge on any atom is 0.257 e. The lowest BCUT2D eigenvalue weighted by Gasteiger charge is -2.22. The van der Waals surface area contributed by atoms with Gasteiger partial charge in [0.15, 0.2) is 5.11 Å². The summed E-state index contributed by atoms with van der Waals surface area (Å²) in [5.74, 6) is 0.183. The predicted molar refractivity (Wildman–Crippen MR) is 133 cm³/mol. The van der Waals surface area contributed by atoms with Crippen LogP contribution in [0.1, 0.15) is 59.7 Å². The molecule has 0 spiro atoms. The first-order valence-electron chi connectivity index (χ1n) is 11.4. The molecule has 0 bridgehead atoms. The maximum atomic E-state index is 12.5. The molecule has 0 saturated heterocycles. The zero-order chi connectivity index (χ0) is 23.5. The number of amides is 2. The Hall–Kier alpha value is -2.97. The monoisotopic (exact) mass is 469 g/mol. The Morgan fingerprint density at radius 3 is 2.45 bits per heavy atom. The number of carbonyl (C=O) groups is 2. The first-order chi connectivity index (χ1) is 16.0. The van der Waals surface area contributed by atoms with Crippen LogP contribution in [0.3, 0.4) is 0 Å². The van der Waals surface area contributed by atoms with Gasteiger partial charge in [-0.3, -0.25) is 14.9 Å². The van der Waals surface area contributed by atoms with Crippen LogP contribution in [-0.4, -0.2) is 42.8 Å². The molecule has 8 heteroatoms. The number of rotatable bonds is 9. The molecule has 2 aromatic carbocycles. The van der Waals surface area contributed by atoms with Gasteiger partial charge >= 0.3 is 0 Å². The van der Waals surface area contributed by atoms with Crippen molar-refractivity contribution in [1.82, 2.24) is 10.6 Å². The van der Waals surface area contributed by atoms with Gasteiger partial charge in [0.25, 0.3) is 11.8 Å². The van der Waals surface area contributed by atoms with E-state index in [0.717, 1.165) is 12.8 Å². The van der Waals surface area contributed by atoms with Crippen LogP contribution >= 0.6 is 12.2 Å². The Morgan fingerprint density at radius 2 is 1.73 bits per heavy atom. The second-order valence-electron chi connectivity index (χ2n) is 7.87. The Morgan fingerprint density at radius 1 is 0.970 bits per heavy atom. The Bertz CT molecular complexity index is 943. The molecule has 0 unspecified atom stereocenters. The number of thiocarbonyl (C=S) groups is 1. The van der Waals surface area contributed by atoms with Gasteiger partial charge in [0.2, 0.25) is 0 Å². The summed E-state index contributed by atoms with van der Waals surface area (Å²) in [5.41, 5.74) is 1.72. The van der Waals surface area contributed by atoms with Crippen LogP contribution in [0.25, 0.3) is 0 Å². The first-order valence-corrected chi connectivity index (χ1v) is 11.8. The number of benzene rings is 2. The first kappa shape index (κ1) is 24.7. The Kier molecular flexibility index (Phi) is 9.65. The van der Waals surface area contributed by atoms with Crippen LogP contribution in [0.4, 0.5) is 5.69 Å². The quantitative estimate of drug-likeness (QED) is 0.375. The van der Waals surface area contributed by atoms with Crippen LogP contribution in [-0.2, 0) is 4.74 Å². The summed E-state index contributed by atoms with van der Waals surface area (Å²) in [6, 6.07) is 14.2. The third-order valence-electron chi connectivity index (χ3n) is 5.37. The van der Waals surface area contributed by atoms with E-state index in [0.29, 0.717) is 42.4 Å². The highest BCUT2D eigenvalue weighted by Gasteiger charge is 2.16. The van der Waals surface area contributed by atoms with Gasteiger partial charge in [-0.05, 0) is 74.4 Å². The fourth-order valence-electron chi connectivity index (χ4n) is 3.65. The van der Waals surface area contributed by atoms with Crippen molar-refractivity contribution < 1.29 is 19.1 Å². The molecule has 1 fully saturated rings. The van der Waals surface area contributed by atoms with Crippen molar-refractivity contribution in [2.75, 3.05) is 25.1 Å². The predicted octanol–water partition coefficient (Wildman–Crippen LogP) is 4.29. The molecule has 1 aliphatic rings. The van der Waals surface area contributed by atoms with Gasteiger partial charge in [0.05, 0.1) is 6.61 Å². The lowest BCUT2D eigenvalue weighted by molar-refractivity contribution is 0.0926. The molecule has 1 saturated carbocycles. The van der Waals surface area contributed by atoms with Crippen LogP contribution in [0.15, 0.2) is 48.5 Å². The van der Waals surface area contributed by atoms with E-state index < -0.39 is 0 Å². The molecule has 0 aliphatic heterocycles. The number of hydrogen-bond acceptors (Lipinski definition) is 5. The van der Waals surface area contributed by atoms with Crippen LogP contribution < -0.4 is 20.7 Å². The molecule has 176 valence electrons. The highest BCUT2D eigenvalue weighted by molar-refractivity contribution is 7.80. The van der Waals surface area contributed by atoms with Gasteiger partial charge in [-0.15, -0.1) is 0 Å². The highest BCUT2D eigenvalue weighted by Crippen LogP contribution is 2.18. The number of ether oxygens (including phenoxy) is 2. The fourth-order valence-corrected chi connectivity index (χ4v) is 3.86. The van der Waals surface area contributed by atoms with Crippen LogP contribution in [0, 0.1) is 0 Å². The Balaban J connectivity index is 1.48. The van der Waals surface area contributed by atoms with Crippen LogP contribution in [0.2, 0.25) is 0 Å². The van der Waals surface area contributed by atoms with Gasteiger partial charge < -0.3 is 20.1 Å². The van der Waals surface area contributed by atoms with E-state index in [4.69, 9.17) is 21.7 Å². The minimum absolute atomic E-state index is 0.0623. The topological polar surface area (TPSA) is 88.7 Å². The summed E-state index contributed by atoms with van der Waals surface area (Å²) in [6.45, 7) is 3.45. The normalized spacial score (nSPS) is 13.7. The number of nitrogens with one attached hydrogen (secondary N) is 3. The maximum absolute atomic E-state index is 12.5. The number of hydrogen-bond donors (Lipinski definition) is 3. The summed E-state index contributed by atoms with van der Waals surface area (Å²) < 4.78 is 10.8. The lowest BCUT2D eigenvalue weighted by atomic mass is 9.95. The standard InChI is InChI=1S/C25H31N3O4S/c1-2-31-15-16-32-22-10-6-7-19(17-22)24(30)28-25(33)27-21-13-11-18(12-14-21)23(29)26-20-8-4-3-5-9-20/h6-7,10-14,17,20H,2-5,8-9,15-16H2,1H3,(H,26,29)(H2,27,28,30,33). The molecular formula is C25H31N3O4S. The van der Waals surface area contributed by atoms with E-state index in [1.807, 2.05) is 6.92 Å². The average Bonchev–Trinajstić information content (AvgIpc) is 2.83. The van der Waals surface area contributed by atoms with E-state index in [1.54, 1.807) is 48.5 Å². The third kappa shape index (κ3) is 8.14. The van der Waals surface area contributed by atoms with Crippen molar-refractivity contribution in [2.45, 2.75) is 45.1 Å². The van der Waals surface area contributed by atoms with Crippen molar-refractivity contribution in [2.24, 2.45) is 0 Å². The van der Waals surface area contributed by atoms with E-state index in [1.165, 1.54) is 19.3 Å². The van der Waals surface area contributed by atoms with E-state index in [-0.39, 0.29) is 23.0 Å². The van der Waals surface area contributed by atoms with E-state index in [9.17, 15) is 9.59 Å². The summed E-state index contributed by atoms with van der Waals surface area (Å²) in [6.07, 6.45) is 5.67. The number of anilines is 1. The minimum Gasteiger partial charge on any atom is -0.491 e. The number of carbonyl (C=O) groups excluding carboxylic acids is 2. The second-order valence-corrected chi connectivity index (χ2v) is 8.28. The molecule has 3 rings (SSSR count). The molecule has 0 atom stereocenters. The molecule has 2 aromatic rings. The van der Waals surface area contributed by atoms with Gasteiger partial charge in [0.1, 0.15) is 12.4 Å². The van der Waals surface area contributed by atoms with Crippen molar-refractivity contribution in [3.05, 3.63) is 59.7 Å². The largest absolute Gasteiger partial charge is 0.491 e. The van der Waals surface area contributed by atoms with E-state index >= 15 is 0 Å². The minimum atomic E-state index is -0.341. The molecular weight excluding hydrogens is 438 g/mol. The molecule has 1 aliphatic carbocycles. The SMILES string of the molecule is CCOCCOc1cccc(C(=O)NC(=S)Nc2ccc(C(=O)NC3CCCCC3)cc2)c1. The van der Waals surface area contributed by atoms with Gasteiger partial charge in [-0.25, -0.2) is 0 Å². The van der Waals surface area contributed by atoms with Crippen molar-refractivity contribution in [3.63, 3.8) is 0 Å². The molecule has 3 N–H and O–H groups in total. The van der Waals surface area contributed by atoms with Crippen LogP contribution in [0.5, 0.6) is 5.75 Å². The third-order valence-corrected chi connectivity index (χ3v) is 5.57. The summed E-state index contributed by atoms with van der Waals surface area (Å²) in [4.78, 5) is 25.0. The van der Waals surface area contributed by atoms with Crippen molar-refractivity contribution in [3.8, 4) is 5.75 Å². The smallest absolute Gasteiger partial charge is 0.257 e. The summed E-state index contributed by atoms with van der Waals surface area (Å²) in [7, 11) is 0. The molecule has 33 heavy (non-hydrogen) atoms. The van der Waals surface area contributed by atoms with E-state index in [2.05, 4.69) is 16.0 Å². The summed E-state index contributed by atoms with van der Waals surface area (Å²) >= 11 is 5.27. The molecule has 7 nitrogen and oxygen atoms in total. The molecule has 0 heterocycles. The van der Waals surface area contributed by atoms with Gasteiger partial charge in [0, 0.05) is 29.5 Å². The fraction of sp³-hybridized carbons (Fsp3) is 0.400. The van der Waals surface area contributed by atoms with Gasteiger partial charge in [-0.2, -0.15) is 0 Å². The molecule has 0 radical (unpaired) electrons. The zero-order valence-corrected chi connectivity index (χ0v) is 19.7. The second kappa shape index (κ2) is 12.9. The molecule has 2 amide bonds. The molecule has 0 aromatic heterocycles. The zero-order valence-electron chi connectivity index (χ0n) is 18.9. The lowest BCUT2D eigenvalue weighted by Crippen LogP contribution is -2.36. The van der Waals surface area contributed by atoms with Gasteiger partial charge in [-0.1, -0.05) is 25.3 Å². The summed E-state index contributed by atoms with van der Waals surface area (Å²) in [5, 5.41) is 8.91.